The van der Waals surface area contributed by atoms with E-state index in [1.807, 2.05) is 0 Å². The standard InChI is InChI=1S/C6H2BrN2.ClH.Mg/c7-6-4-9-2-1-5(6)3-8;;/h1,4H;1H;/q;;+1/p-1. The third-order valence-corrected chi connectivity index (χ3v) is 2.05. The zero-order chi connectivity index (χ0) is 7.56. The fourth-order valence-corrected chi connectivity index (χ4v) is 1.17. The van der Waals surface area contributed by atoms with Crippen LogP contribution in [0.15, 0.2) is 16.7 Å². The van der Waals surface area contributed by atoms with E-state index in [2.05, 4.69) is 27.0 Å². The summed E-state index contributed by atoms with van der Waals surface area (Å²) in [5, 5.41) is 8.54. The Morgan fingerprint density at radius 1 is 1.64 bits per heavy atom. The second kappa shape index (κ2) is 4.94. The Kier molecular flexibility index (Phi) is 5.01. The average molecular weight is 242 g/mol. The van der Waals surface area contributed by atoms with Gasteiger partial charge in [0.25, 0.3) is 0 Å². The van der Waals surface area contributed by atoms with E-state index in [9.17, 15) is 0 Å². The molecule has 0 atom stereocenters. The van der Waals surface area contributed by atoms with Crippen LogP contribution in [-0.2, 0) is 0 Å². The van der Waals surface area contributed by atoms with Crippen molar-refractivity contribution in [2.75, 3.05) is 0 Å². The summed E-state index contributed by atoms with van der Waals surface area (Å²) >= 11 is 4.87. The van der Waals surface area contributed by atoms with E-state index in [-0.39, 0.29) is 12.4 Å². The first-order valence-corrected chi connectivity index (χ1v) is 4.11. The van der Waals surface area contributed by atoms with Gasteiger partial charge in [-0.05, 0) is 0 Å². The van der Waals surface area contributed by atoms with Crippen LogP contribution in [0.4, 0.5) is 0 Å². The molecule has 11 heavy (non-hydrogen) atoms. The van der Waals surface area contributed by atoms with Gasteiger partial charge in [0.15, 0.2) is 0 Å². The van der Waals surface area contributed by atoms with Crippen LogP contribution in [-0.4, -0.2) is 26.7 Å². The Labute approximate surface area is 92.0 Å². The average Bonchev–Trinajstić information content (AvgIpc) is 1.94. The number of rotatable bonds is 0. The van der Waals surface area contributed by atoms with E-state index < -0.39 is 0 Å². The van der Waals surface area contributed by atoms with Crippen molar-refractivity contribution in [3.63, 3.8) is 0 Å². The molecular formula is C6H2BrClMgN2. The van der Waals surface area contributed by atoms with E-state index >= 15 is 0 Å². The van der Waals surface area contributed by atoms with E-state index in [1.165, 1.54) is 0 Å². The molecule has 0 unspecified atom stereocenters. The molecule has 0 aliphatic rings. The largest absolute Gasteiger partial charge is 1.00 e. The molecule has 0 fully saturated rings. The van der Waals surface area contributed by atoms with Gasteiger partial charge in [-0.1, -0.05) is 0 Å². The maximum absolute atomic E-state index is 8.54. The quantitative estimate of drug-likeness (QED) is 0.472. The van der Waals surface area contributed by atoms with Crippen LogP contribution in [0.5, 0.6) is 0 Å². The molecule has 0 saturated heterocycles. The van der Waals surface area contributed by atoms with Gasteiger partial charge in [0.05, 0.1) is 0 Å². The van der Waals surface area contributed by atoms with Crippen LogP contribution in [0, 0.1) is 11.3 Å². The molecule has 1 aromatic rings. The second-order valence-corrected chi connectivity index (χ2v) is 3.35. The summed E-state index contributed by atoms with van der Waals surface area (Å²) in [6, 6.07) is 3.81. The van der Waals surface area contributed by atoms with Crippen LogP contribution >= 0.6 is 15.9 Å². The molecule has 5 heteroatoms. The number of hydrogen-bond acceptors (Lipinski definition) is 2. The Hall–Kier alpha value is 0.176. The van der Waals surface area contributed by atoms with Gasteiger partial charge in [0.1, 0.15) is 0 Å². The molecule has 0 N–H and O–H groups in total. The summed E-state index contributed by atoms with van der Waals surface area (Å²) in [6.07, 6.45) is 1.64. The fourth-order valence-electron chi connectivity index (χ4n) is 0.568. The van der Waals surface area contributed by atoms with E-state index in [0.717, 1.165) is 8.30 Å². The normalized spacial score (nSPS) is 8.18. The molecule has 0 aromatic carbocycles. The minimum Gasteiger partial charge on any atom is -1.00 e. The van der Waals surface area contributed by atoms with Crippen LogP contribution in [0.3, 0.4) is 0 Å². The molecule has 0 aliphatic heterocycles. The van der Waals surface area contributed by atoms with Crippen molar-refractivity contribution < 1.29 is 12.4 Å². The maximum atomic E-state index is 8.54. The molecule has 1 heterocycles. The van der Waals surface area contributed by atoms with Crippen LogP contribution in [0.1, 0.15) is 5.56 Å². The smallest absolute Gasteiger partial charge is 1.00 e. The van der Waals surface area contributed by atoms with Crippen molar-refractivity contribution in [3.05, 3.63) is 22.3 Å². The molecular weight excluding hydrogens is 240 g/mol. The zero-order valence-corrected chi connectivity index (χ0v) is 9.27. The number of hydrogen-bond donors (Lipinski definition) is 0. The summed E-state index contributed by atoms with van der Waals surface area (Å²) < 4.78 is 1.64. The summed E-state index contributed by atoms with van der Waals surface area (Å²) in [6.45, 7) is 0. The van der Waals surface area contributed by atoms with Gasteiger partial charge in [-0.15, -0.1) is 0 Å². The Bertz CT molecular complexity index is 297. The van der Waals surface area contributed by atoms with Crippen molar-refractivity contribution in [1.29, 1.82) is 5.26 Å². The van der Waals surface area contributed by atoms with Crippen molar-refractivity contribution in [2.45, 2.75) is 0 Å². The molecule has 0 saturated carbocycles. The van der Waals surface area contributed by atoms with Gasteiger partial charge in [0.2, 0.25) is 0 Å². The topological polar surface area (TPSA) is 36.7 Å². The molecule has 0 amide bonds. The van der Waals surface area contributed by atoms with Crippen molar-refractivity contribution >= 4 is 41.5 Å². The molecule has 2 nitrogen and oxygen atoms in total. The minimum atomic E-state index is 0. The van der Waals surface area contributed by atoms with Crippen LogP contribution in [0.2, 0.25) is 0 Å². The van der Waals surface area contributed by atoms with Gasteiger partial charge in [0, 0.05) is 0 Å². The van der Waals surface area contributed by atoms with Gasteiger partial charge >= 0.3 is 80.1 Å². The van der Waals surface area contributed by atoms with Gasteiger partial charge in [-0.25, -0.2) is 0 Å². The van der Waals surface area contributed by atoms with Gasteiger partial charge in [-0.3, -0.25) is 0 Å². The molecule has 52 valence electrons. The van der Waals surface area contributed by atoms with Crippen LogP contribution < -0.4 is 16.2 Å². The predicted molar refractivity (Wildman–Crippen MR) is 42.0 cm³/mol. The van der Waals surface area contributed by atoms with Crippen LogP contribution in [0.25, 0.3) is 0 Å². The zero-order valence-electron chi connectivity index (χ0n) is 5.51. The summed E-state index contributed by atoms with van der Waals surface area (Å²) in [5.74, 6) is 0. The van der Waals surface area contributed by atoms with Crippen molar-refractivity contribution in [3.8, 4) is 6.07 Å². The first-order valence-electron chi connectivity index (χ1n) is 2.61. The number of halogens is 2. The van der Waals surface area contributed by atoms with E-state index in [4.69, 9.17) is 5.26 Å². The molecule has 0 aliphatic carbocycles. The molecule has 0 bridgehead atoms. The van der Waals surface area contributed by atoms with Crippen molar-refractivity contribution in [2.24, 2.45) is 0 Å². The summed E-state index contributed by atoms with van der Waals surface area (Å²) in [5.41, 5.74) is 0.639. The molecule has 0 spiro atoms. The second-order valence-electron chi connectivity index (χ2n) is 1.77. The van der Waals surface area contributed by atoms with E-state index in [0.29, 0.717) is 5.56 Å². The maximum Gasteiger partial charge on any atom is -1.00 e. The first-order chi connectivity index (χ1) is 4.74. The third-order valence-electron chi connectivity index (χ3n) is 1.03. The first kappa shape index (κ1) is 11.2. The summed E-state index contributed by atoms with van der Waals surface area (Å²) in [7, 11) is 0. The fraction of sp³-hybridized carbons (Fsp3) is 0. The Morgan fingerprint density at radius 2 is 2.27 bits per heavy atom. The van der Waals surface area contributed by atoms with Gasteiger partial charge < -0.3 is 12.4 Å². The van der Waals surface area contributed by atoms with Gasteiger partial charge in [-0.2, -0.15) is 0 Å². The Balaban J connectivity index is 0.000001000. The molecule has 0 radical (unpaired) electrons. The minimum absolute atomic E-state index is 0. The Morgan fingerprint density at radius 3 is 2.73 bits per heavy atom. The predicted octanol–water partition coefficient (Wildman–Crippen LogP) is -2.49. The third kappa shape index (κ3) is 2.95. The molecule has 1 rings (SSSR count). The van der Waals surface area contributed by atoms with Crippen molar-refractivity contribution in [1.82, 2.24) is 4.98 Å². The summed E-state index contributed by atoms with van der Waals surface area (Å²) in [4.78, 5) is 4.00. The number of aromatic nitrogens is 1. The SMILES string of the molecule is N#Cc1c[c]([Mg+])ncc1Br.[Cl-]. The molecule has 1 aromatic heterocycles. The van der Waals surface area contributed by atoms with E-state index in [1.54, 1.807) is 34.0 Å². The monoisotopic (exact) mass is 240 g/mol. The number of pyridine rings is 1. The number of nitrogens with zero attached hydrogens (tertiary/aromatic N) is 2. The number of nitriles is 1.